The van der Waals surface area contributed by atoms with Crippen molar-refractivity contribution >= 4 is 10.1 Å². The van der Waals surface area contributed by atoms with Gasteiger partial charge >= 0.3 is 0 Å². The van der Waals surface area contributed by atoms with Crippen LogP contribution in [0, 0.1) is 0 Å². The van der Waals surface area contributed by atoms with Crippen LogP contribution in [0.25, 0.3) is 0 Å². The Morgan fingerprint density at radius 3 is 2.40 bits per heavy atom. The van der Waals surface area contributed by atoms with Gasteiger partial charge in [0.2, 0.25) is 0 Å². The Morgan fingerprint density at radius 1 is 1.60 bits per heavy atom. The molecular formula is C4H10O5S. The number of hydrogen-bond donors (Lipinski definition) is 2. The van der Waals surface area contributed by atoms with Crippen LogP contribution in [0.4, 0.5) is 0 Å². The molecule has 0 heterocycles. The molecule has 1 unspecified atom stereocenters. The number of rotatable bonds is 4. The van der Waals surface area contributed by atoms with Crippen LogP contribution in [-0.4, -0.2) is 43.7 Å². The fourth-order valence-corrected chi connectivity index (χ4v) is 1.07. The van der Waals surface area contributed by atoms with E-state index < -0.39 is 22.0 Å². The SMILES string of the molecule is COCC(O)CS(=O)(=O)O. The monoisotopic (exact) mass is 170 g/mol. The number of aliphatic hydroxyl groups is 1. The maximum atomic E-state index is 10.1. The van der Waals surface area contributed by atoms with Crippen molar-refractivity contribution in [3.63, 3.8) is 0 Å². The van der Waals surface area contributed by atoms with Gasteiger partial charge in [-0.2, -0.15) is 8.42 Å². The summed E-state index contributed by atoms with van der Waals surface area (Å²) in [5.74, 6) is -0.680. The Morgan fingerprint density at radius 2 is 2.10 bits per heavy atom. The normalized spacial score (nSPS) is 15.1. The Hall–Kier alpha value is -0.170. The highest BCUT2D eigenvalue weighted by Gasteiger charge is 2.12. The molecule has 0 radical (unpaired) electrons. The van der Waals surface area contributed by atoms with Gasteiger partial charge in [0, 0.05) is 7.11 Å². The first-order chi connectivity index (χ1) is 4.45. The highest BCUT2D eigenvalue weighted by atomic mass is 32.2. The Bertz CT molecular complexity index is 172. The van der Waals surface area contributed by atoms with E-state index in [1.54, 1.807) is 0 Å². The summed E-state index contributed by atoms with van der Waals surface area (Å²) in [6, 6.07) is 0. The van der Waals surface area contributed by atoms with Crippen molar-refractivity contribution in [1.82, 2.24) is 0 Å². The van der Waals surface area contributed by atoms with E-state index in [1.807, 2.05) is 0 Å². The fourth-order valence-electron chi connectivity index (χ4n) is 0.484. The molecule has 10 heavy (non-hydrogen) atoms. The molecule has 5 nitrogen and oxygen atoms in total. The van der Waals surface area contributed by atoms with Crippen molar-refractivity contribution in [3.05, 3.63) is 0 Å². The zero-order valence-electron chi connectivity index (χ0n) is 5.52. The minimum atomic E-state index is -4.08. The lowest BCUT2D eigenvalue weighted by molar-refractivity contribution is 0.0774. The first-order valence-corrected chi connectivity index (χ1v) is 4.19. The van der Waals surface area contributed by atoms with Crippen molar-refractivity contribution in [2.45, 2.75) is 6.10 Å². The highest BCUT2D eigenvalue weighted by Crippen LogP contribution is 1.89. The second-order valence-corrected chi connectivity index (χ2v) is 3.35. The average Bonchev–Trinajstić information content (AvgIpc) is 1.59. The third kappa shape index (κ3) is 5.96. The second-order valence-electron chi connectivity index (χ2n) is 1.86. The molecule has 6 heteroatoms. The maximum absolute atomic E-state index is 10.1. The molecule has 62 valence electrons. The van der Waals surface area contributed by atoms with Crippen molar-refractivity contribution in [1.29, 1.82) is 0 Å². The molecule has 0 amide bonds. The van der Waals surface area contributed by atoms with Crippen LogP contribution in [0.2, 0.25) is 0 Å². The Kier molecular flexibility index (Phi) is 3.80. The molecular weight excluding hydrogens is 160 g/mol. The first-order valence-electron chi connectivity index (χ1n) is 2.58. The molecule has 0 aliphatic heterocycles. The number of methoxy groups -OCH3 is 1. The van der Waals surface area contributed by atoms with E-state index >= 15 is 0 Å². The van der Waals surface area contributed by atoms with Gasteiger partial charge in [-0.05, 0) is 0 Å². The van der Waals surface area contributed by atoms with Crippen LogP contribution in [-0.2, 0) is 14.9 Å². The van der Waals surface area contributed by atoms with E-state index in [1.165, 1.54) is 7.11 Å². The van der Waals surface area contributed by atoms with E-state index in [2.05, 4.69) is 4.74 Å². The standard InChI is InChI=1S/C4H10O5S/c1-9-2-4(5)3-10(6,7)8/h4-5H,2-3H2,1H3,(H,6,7,8). The van der Waals surface area contributed by atoms with Gasteiger partial charge in [0.15, 0.2) is 0 Å². The number of ether oxygens (including phenoxy) is 1. The minimum Gasteiger partial charge on any atom is -0.390 e. The largest absolute Gasteiger partial charge is 0.390 e. The maximum Gasteiger partial charge on any atom is 0.267 e. The zero-order valence-corrected chi connectivity index (χ0v) is 6.34. The van der Waals surface area contributed by atoms with Crippen LogP contribution in [0.5, 0.6) is 0 Å². The van der Waals surface area contributed by atoms with Crippen molar-refractivity contribution in [3.8, 4) is 0 Å². The zero-order chi connectivity index (χ0) is 8.20. The summed E-state index contributed by atoms with van der Waals surface area (Å²) >= 11 is 0. The van der Waals surface area contributed by atoms with Gasteiger partial charge in [-0.3, -0.25) is 4.55 Å². The Balaban J connectivity index is 3.69. The molecule has 0 saturated carbocycles. The first kappa shape index (κ1) is 9.83. The summed E-state index contributed by atoms with van der Waals surface area (Å²) in [4.78, 5) is 0. The third-order valence-electron chi connectivity index (χ3n) is 0.762. The molecule has 0 rings (SSSR count). The Labute approximate surface area is 59.4 Å². The average molecular weight is 170 g/mol. The fraction of sp³-hybridized carbons (Fsp3) is 1.00. The lowest BCUT2D eigenvalue weighted by Gasteiger charge is -2.05. The molecule has 0 aromatic rings. The molecule has 0 aliphatic rings. The van der Waals surface area contributed by atoms with Gasteiger partial charge in [0.1, 0.15) is 5.75 Å². The number of aliphatic hydroxyl groups excluding tert-OH is 1. The second kappa shape index (κ2) is 3.87. The molecule has 0 spiro atoms. The van der Waals surface area contributed by atoms with Crippen LogP contribution >= 0.6 is 0 Å². The van der Waals surface area contributed by atoms with Crippen LogP contribution < -0.4 is 0 Å². The van der Waals surface area contributed by atoms with Gasteiger partial charge in [-0.15, -0.1) is 0 Å². The van der Waals surface area contributed by atoms with Gasteiger partial charge in [0.25, 0.3) is 10.1 Å². The van der Waals surface area contributed by atoms with E-state index in [9.17, 15) is 8.42 Å². The van der Waals surface area contributed by atoms with Gasteiger partial charge < -0.3 is 9.84 Å². The smallest absolute Gasteiger partial charge is 0.267 e. The molecule has 0 fully saturated rings. The van der Waals surface area contributed by atoms with Crippen LogP contribution in [0.1, 0.15) is 0 Å². The van der Waals surface area contributed by atoms with Crippen molar-refractivity contribution in [2.24, 2.45) is 0 Å². The lowest BCUT2D eigenvalue weighted by Crippen LogP contribution is -2.24. The molecule has 0 saturated heterocycles. The van der Waals surface area contributed by atoms with Gasteiger partial charge in [0.05, 0.1) is 12.7 Å². The molecule has 0 aromatic carbocycles. The lowest BCUT2D eigenvalue weighted by atomic mass is 10.4. The number of hydrogen-bond acceptors (Lipinski definition) is 4. The van der Waals surface area contributed by atoms with Gasteiger partial charge in [-0.1, -0.05) is 0 Å². The summed E-state index contributed by atoms with van der Waals surface area (Å²) in [5, 5.41) is 8.72. The molecule has 2 N–H and O–H groups in total. The van der Waals surface area contributed by atoms with Crippen molar-refractivity contribution in [2.75, 3.05) is 19.5 Å². The van der Waals surface area contributed by atoms with Crippen LogP contribution in [0.3, 0.4) is 0 Å². The molecule has 0 aliphatic carbocycles. The van der Waals surface area contributed by atoms with E-state index in [0.29, 0.717) is 0 Å². The van der Waals surface area contributed by atoms with Crippen LogP contribution in [0.15, 0.2) is 0 Å². The van der Waals surface area contributed by atoms with E-state index in [4.69, 9.17) is 9.66 Å². The molecule has 1 atom stereocenters. The topological polar surface area (TPSA) is 83.8 Å². The minimum absolute atomic E-state index is 0.0974. The highest BCUT2D eigenvalue weighted by molar-refractivity contribution is 7.85. The molecule has 0 bridgehead atoms. The van der Waals surface area contributed by atoms with E-state index in [0.717, 1.165) is 0 Å². The molecule has 0 aromatic heterocycles. The summed E-state index contributed by atoms with van der Waals surface area (Å²) < 4.78 is 32.7. The predicted molar refractivity (Wildman–Crippen MR) is 34.3 cm³/mol. The third-order valence-corrected chi connectivity index (χ3v) is 1.57. The van der Waals surface area contributed by atoms with Gasteiger partial charge in [-0.25, -0.2) is 0 Å². The predicted octanol–water partition coefficient (Wildman–Crippen LogP) is -1.12. The quantitative estimate of drug-likeness (QED) is 0.522. The van der Waals surface area contributed by atoms with E-state index in [-0.39, 0.29) is 6.61 Å². The van der Waals surface area contributed by atoms with Crippen molar-refractivity contribution < 1.29 is 22.8 Å². The summed E-state index contributed by atoms with van der Waals surface area (Å²) in [7, 11) is -2.75. The summed E-state index contributed by atoms with van der Waals surface area (Å²) in [6.45, 7) is -0.0974. The summed E-state index contributed by atoms with van der Waals surface area (Å²) in [5.41, 5.74) is 0. The summed E-state index contributed by atoms with van der Waals surface area (Å²) in [6.07, 6.45) is -1.15.